The van der Waals surface area contributed by atoms with E-state index < -0.39 is 6.04 Å². The normalized spacial score (nSPS) is 11.4. The van der Waals surface area contributed by atoms with Crippen LogP contribution >= 0.6 is 0 Å². The number of carbonyl (C=O) groups excluding carboxylic acids is 2. The Morgan fingerprint density at radius 1 is 0.962 bits per heavy atom. The zero-order chi connectivity index (χ0) is 19.1. The van der Waals surface area contributed by atoms with Crippen molar-refractivity contribution in [2.45, 2.75) is 19.4 Å². The van der Waals surface area contributed by atoms with Crippen LogP contribution in [0, 0.1) is 0 Å². The molecule has 2 aromatic rings. The van der Waals surface area contributed by atoms with Crippen molar-refractivity contribution >= 4 is 11.7 Å². The van der Waals surface area contributed by atoms with Crippen LogP contribution in [0.1, 0.15) is 22.8 Å². The molecule has 2 rings (SSSR count). The van der Waals surface area contributed by atoms with Gasteiger partial charge in [0.2, 0.25) is 5.75 Å². The highest BCUT2D eigenvalue weighted by molar-refractivity contribution is 5.97. The Morgan fingerprint density at radius 2 is 1.54 bits per heavy atom. The lowest BCUT2D eigenvalue weighted by Crippen LogP contribution is -2.41. The van der Waals surface area contributed by atoms with Gasteiger partial charge in [-0.3, -0.25) is 9.59 Å². The number of ketones is 1. The van der Waals surface area contributed by atoms with Gasteiger partial charge >= 0.3 is 0 Å². The van der Waals surface area contributed by atoms with Gasteiger partial charge in [0.25, 0.3) is 5.91 Å². The largest absolute Gasteiger partial charge is 0.493 e. The van der Waals surface area contributed by atoms with Gasteiger partial charge in [0.1, 0.15) is 0 Å². The lowest BCUT2D eigenvalue weighted by Gasteiger charge is -2.18. The van der Waals surface area contributed by atoms with Gasteiger partial charge in [-0.05, 0) is 36.8 Å². The molecule has 0 aliphatic rings. The van der Waals surface area contributed by atoms with Gasteiger partial charge in [-0.25, -0.2) is 0 Å². The minimum Gasteiger partial charge on any atom is -0.493 e. The van der Waals surface area contributed by atoms with Crippen LogP contribution in [0.5, 0.6) is 17.2 Å². The van der Waals surface area contributed by atoms with Crippen molar-refractivity contribution in [1.82, 2.24) is 5.32 Å². The third-order valence-electron chi connectivity index (χ3n) is 4.00. The minimum atomic E-state index is -0.662. The van der Waals surface area contributed by atoms with Crippen LogP contribution in [0.2, 0.25) is 0 Å². The molecule has 0 heterocycles. The number of hydrogen-bond donors (Lipinski definition) is 1. The summed E-state index contributed by atoms with van der Waals surface area (Å²) in [5.41, 5.74) is 1.29. The smallest absolute Gasteiger partial charge is 0.251 e. The topological polar surface area (TPSA) is 73.9 Å². The van der Waals surface area contributed by atoms with Crippen molar-refractivity contribution in [3.63, 3.8) is 0 Å². The molecular formula is C20H23NO5. The number of hydrogen-bond acceptors (Lipinski definition) is 5. The fraction of sp³-hybridized carbons (Fsp3) is 0.300. The molecule has 26 heavy (non-hydrogen) atoms. The molecule has 0 unspecified atom stereocenters. The van der Waals surface area contributed by atoms with Crippen molar-refractivity contribution < 1.29 is 23.8 Å². The number of benzene rings is 2. The summed E-state index contributed by atoms with van der Waals surface area (Å²) < 4.78 is 16.0. The van der Waals surface area contributed by atoms with Crippen LogP contribution in [0.3, 0.4) is 0 Å². The van der Waals surface area contributed by atoms with E-state index in [1.807, 2.05) is 6.07 Å². The Balaban J connectivity index is 2.25. The molecule has 1 amide bonds. The van der Waals surface area contributed by atoms with E-state index in [0.29, 0.717) is 29.2 Å². The standard InChI is InChI=1S/C20H23NO5/c1-13(22)16(21-20(23)15-8-6-5-7-9-15)10-14-11-17(24-2)19(26-4)18(12-14)25-3/h5-9,11-12,16H,10H2,1-4H3,(H,21,23)/t16-/m0/s1. The van der Waals surface area contributed by atoms with E-state index in [4.69, 9.17) is 14.2 Å². The molecule has 0 aromatic heterocycles. The van der Waals surface area contributed by atoms with E-state index in [2.05, 4.69) is 5.32 Å². The zero-order valence-electron chi connectivity index (χ0n) is 15.4. The van der Waals surface area contributed by atoms with Gasteiger partial charge in [-0.2, -0.15) is 0 Å². The zero-order valence-corrected chi connectivity index (χ0v) is 15.4. The number of amides is 1. The number of Topliss-reactive ketones (excluding diaryl/α,β-unsaturated/α-hetero) is 1. The minimum absolute atomic E-state index is 0.136. The van der Waals surface area contributed by atoms with Crippen molar-refractivity contribution in [2.75, 3.05) is 21.3 Å². The second kappa shape index (κ2) is 8.89. The molecule has 0 saturated heterocycles. The summed E-state index contributed by atoms with van der Waals surface area (Å²) in [5.74, 6) is 1.05. The summed E-state index contributed by atoms with van der Waals surface area (Å²) in [7, 11) is 4.58. The number of nitrogens with one attached hydrogen (secondary N) is 1. The first-order chi connectivity index (χ1) is 12.5. The maximum absolute atomic E-state index is 12.4. The molecule has 0 fully saturated rings. The van der Waals surface area contributed by atoms with E-state index in [-0.39, 0.29) is 11.7 Å². The molecule has 138 valence electrons. The van der Waals surface area contributed by atoms with Gasteiger partial charge in [-0.1, -0.05) is 18.2 Å². The quantitative estimate of drug-likeness (QED) is 0.786. The number of carbonyl (C=O) groups is 2. The van der Waals surface area contributed by atoms with E-state index in [1.165, 1.54) is 28.3 Å². The van der Waals surface area contributed by atoms with Crippen molar-refractivity contribution in [2.24, 2.45) is 0 Å². The molecule has 0 bridgehead atoms. The SMILES string of the molecule is COc1cc(C[C@H](NC(=O)c2ccccc2)C(C)=O)cc(OC)c1OC. The average molecular weight is 357 g/mol. The van der Waals surface area contributed by atoms with E-state index in [0.717, 1.165) is 5.56 Å². The number of rotatable bonds is 8. The highest BCUT2D eigenvalue weighted by atomic mass is 16.5. The highest BCUT2D eigenvalue weighted by Crippen LogP contribution is 2.38. The highest BCUT2D eigenvalue weighted by Gasteiger charge is 2.21. The molecule has 6 heteroatoms. The molecule has 0 aliphatic carbocycles. The van der Waals surface area contributed by atoms with Gasteiger partial charge in [0, 0.05) is 12.0 Å². The summed E-state index contributed by atoms with van der Waals surface area (Å²) in [6.07, 6.45) is 0.310. The second-order valence-electron chi connectivity index (χ2n) is 5.74. The number of ether oxygens (including phenoxy) is 3. The molecule has 0 saturated carbocycles. The molecule has 0 spiro atoms. The fourth-order valence-electron chi connectivity index (χ4n) is 2.62. The first kappa shape index (κ1) is 19.3. The molecule has 2 aromatic carbocycles. The lowest BCUT2D eigenvalue weighted by atomic mass is 10.0. The number of methoxy groups -OCH3 is 3. The third kappa shape index (κ3) is 4.53. The Morgan fingerprint density at radius 3 is 2.00 bits per heavy atom. The van der Waals surface area contributed by atoms with E-state index in [9.17, 15) is 9.59 Å². The third-order valence-corrected chi connectivity index (χ3v) is 4.00. The molecular weight excluding hydrogens is 334 g/mol. The second-order valence-corrected chi connectivity index (χ2v) is 5.74. The van der Waals surface area contributed by atoms with Crippen molar-refractivity contribution in [3.05, 3.63) is 53.6 Å². The molecule has 0 radical (unpaired) electrons. The van der Waals surface area contributed by atoms with Crippen LogP contribution in [0.4, 0.5) is 0 Å². The summed E-state index contributed by atoms with van der Waals surface area (Å²) in [6.45, 7) is 1.45. The van der Waals surface area contributed by atoms with Gasteiger partial charge in [-0.15, -0.1) is 0 Å². The Bertz CT molecular complexity index is 748. The summed E-state index contributed by atoms with van der Waals surface area (Å²) in [4.78, 5) is 24.4. The summed E-state index contributed by atoms with van der Waals surface area (Å²) >= 11 is 0. The van der Waals surface area contributed by atoms with E-state index >= 15 is 0 Å². The Hall–Kier alpha value is -3.02. The predicted octanol–water partition coefficient (Wildman–Crippen LogP) is 2.64. The van der Waals surface area contributed by atoms with Crippen molar-refractivity contribution in [3.8, 4) is 17.2 Å². The van der Waals surface area contributed by atoms with Crippen LogP contribution in [0.25, 0.3) is 0 Å². The molecule has 1 atom stereocenters. The van der Waals surface area contributed by atoms with Gasteiger partial charge in [0.15, 0.2) is 17.3 Å². The lowest BCUT2D eigenvalue weighted by molar-refractivity contribution is -0.118. The summed E-state index contributed by atoms with van der Waals surface area (Å²) in [6, 6.07) is 11.7. The van der Waals surface area contributed by atoms with Crippen LogP contribution in [-0.2, 0) is 11.2 Å². The Kier molecular flexibility index (Phi) is 6.60. The fourth-order valence-corrected chi connectivity index (χ4v) is 2.62. The van der Waals surface area contributed by atoms with Crippen LogP contribution < -0.4 is 19.5 Å². The maximum Gasteiger partial charge on any atom is 0.251 e. The van der Waals surface area contributed by atoms with E-state index in [1.54, 1.807) is 36.4 Å². The average Bonchev–Trinajstić information content (AvgIpc) is 2.66. The molecule has 6 nitrogen and oxygen atoms in total. The maximum atomic E-state index is 12.4. The van der Waals surface area contributed by atoms with Gasteiger partial charge < -0.3 is 19.5 Å². The first-order valence-electron chi connectivity index (χ1n) is 8.15. The monoisotopic (exact) mass is 357 g/mol. The Labute approximate surface area is 153 Å². The van der Waals surface area contributed by atoms with Gasteiger partial charge in [0.05, 0.1) is 27.4 Å². The molecule has 0 aliphatic heterocycles. The van der Waals surface area contributed by atoms with Crippen LogP contribution in [-0.4, -0.2) is 39.1 Å². The molecule has 1 N–H and O–H groups in total. The first-order valence-corrected chi connectivity index (χ1v) is 8.15. The van der Waals surface area contributed by atoms with Crippen molar-refractivity contribution in [1.29, 1.82) is 0 Å². The predicted molar refractivity (Wildman–Crippen MR) is 98.2 cm³/mol. The van der Waals surface area contributed by atoms with Crippen LogP contribution in [0.15, 0.2) is 42.5 Å². The summed E-state index contributed by atoms with van der Waals surface area (Å²) in [5, 5.41) is 2.78.